The number of halogens is 1. The van der Waals surface area contributed by atoms with Gasteiger partial charge in [-0.2, -0.15) is 0 Å². The molecule has 0 aliphatic heterocycles. The van der Waals surface area contributed by atoms with Gasteiger partial charge in [-0.15, -0.1) is 0 Å². The van der Waals surface area contributed by atoms with Crippen LogP contribution in [0, 0.1) is 11.3 Å². The summed E-state index contributed by atoms with van der Waals surface area (Å²) in [7, 11) is 0. The van der Waals surface area contributed by atoms with Gasteiger partial charge in [-0.25, -0.2) is 0 Å². The molecular weight excluding hydrogens is 184 g/mol. The fraction of sp³-hybridized carbons (Fsp3) is 0.727. The number of fused-ring (bicyclic) bond motifs is 2. The Morgan fingerprint density at radius 3 is 2.54 bits per heavy atom. The van der Waals surface area contributed by atoms with E-state index in [1.807, 2.05) is 0 Å². The Labute approximate surface area is 83.1 Å². The van der Waals surface area contributed by atoms with Gasteiger partial charge >= 0.3 is 0 Å². The summed E-state index contributed by atoms with van der Waals surface area (Å²) in [4.78, 5) is 11.3. The van der Waals surface area contributed by atoms with Crippen LogP contribution >= 0.6 is 11.6 Å². The van der Waals surface area contributed by atoms with Crippen LogP contribution in [0.1, 0.15) is 38.5 Å². The summed E-state index contributed by atoms with van der Waals surface area (Å²) < 4.78 is 0. The largest absolute Gasteiger partial charge is 0.280 e. The SMILES string of the molecule is O=C(Cl)C1(C2=C3CCC(C3)C2)CC1. The maximum Gasteiger partial charge on any atom is 0.231 e. The Morgan fingerprint density at radius 2 is 2.15 bits per heavy atom. The first-order valence-electron chi connectivity index (χ1n) is 5.14. The highest BCUT2D eigenvalue weighted by molar-refractivity contribution is 6.65. The normalized spacial score (nSPS) is 34.1. The average molecular weight is 197 g/mol. The second-order valence-electron chi connectivity index (χ2n) is 4.75. The maximum atomic E-state index is 11.3. The summed E-state index contributed by atoms with van der Waals surface area (Å²) in [6.45, 7) is 0. The van der Waals surface area contributed by atoms with Crippen molar-refractivity contribution in [1.29, 1.82) is 0 Å². The Bertz CT molecular complexity index is 312. The number of allylic oxidation sites excluding steroid dienone is 2. The molecule has 0 aromatic rings. The molecular formula is C11H13ClO. The predicted octanol–water partition coefficient (Wildman–Crippen LogP) is 3.03. The zero-order valence-corrected chi connectivity index (χ0v) is 8.36. The van der Waals surface area contributed by atoms with E-state index in [0.717, 1.165) is 18.8 Å². The van der Waals surface area contributed by atoms with Crippen LogP contribution in [0.15, 0.2) is 11.1 Å². The molecule has 2 bridgehead atoms. The molecule has 70 valence electrons. The van der Waals surface area contributed by atoms with Crippen molar-refractivity contribution in [3.63, 3.8) is 0 Å². The van der Waals surface area contributed by atoms with Crippen molar-refractivity contribution in [1.82, 2.24) is 0 Å². The Balaban J connectivity index is 1.98. The van der Waals surface area contributed by atoms with Crippen LogP contribution in [0.5, 0.6) is 0 Å². The van der Waals surface area contributed by atoms with Gasteiger partial charge in [0, 0.05) is 0 Å². The standard InChI is InChI=1S/C11H13ClO/c12-10(13)11(3-4-11)9-6-7-1-2-8(9)5-7/h7H,1-6H2. The molecule has 0 amide bonds. The fourth-order valence-corrected chi connectivity index (χ4v) is 3.39. The van der Waals surface area contributed by atoms with E-state index < -0.39 is 0 Å². The van der Waals surface area contributed by atoms with Gasteiger partial charge in [0.1, 0.15) is 0 Å². The van der Waals surface area contributed by atoms with Crippen LogP contribution in [0.4, 0.5) is 0 Å². The van der Waals surface area contributed by atoms with Crippen molar-refractivity contribution in [2.24, 2.45) is 11.3 Å². The monoisotopic (exact) mass is 196 g/mol. The van der Waals surface area contributed by atoms with Crippen LogP contribution in [0.3, 0.4) is 0 Å². The predicted molar refractivity (Wildman–Crippen MR) is 51.5 cm³/mol. The molecule has 0 radical (unpaired) electrons. The first-order valence-corrected chi connectivity index (χ1v) is 5.51. The van der Waals surface area contributed by atoms with E-state index >= 15 is 0 Å². The third-order valence-electron chi connectivity index (χ3n) is 4.01. The van der Waals surface area contributed by atoms with Crippen molar-refractivity contribution >= 4 is 16.8 Å². The molecule has 2 saturated carbocycles. The van der Waals surface area contributed by atoms with E-state index in [0.29, 0.717) is 0 Å². The lowest BCUT2D eigenvalue weighted by Crippen LogP contribution is -2.15. The van der Waals surface area contributed by atoms with E-state index in [4.69, 9.17) is 11.6 Å². The molecule has 2 fully saturated rings. The van der Waals surface area contributed by atoms with E-state index in [9.17, 15) is 4.79 Å². The lowest BCUT2D eigenvalue weighted by atomic mass is 9.87. The molecule has 0 aromatic carbocycles. The van der Waals surface area contributed by atoms with Crippen molar-refractivity contribution in [3.05, 3.63) is 11.1 Å². The highest BCUT2D eigenvalue weighted by Crippen LogP contribution is 2.61. The summed E-state index contributed by atoms with van der Waals surface area (Å²) in [6.07, 6.45) is 7.06. The van der Waals surface area contributed by atoms with Gasteiger partial charge < -0.3 is 0 Å². The second-order valence-corrected chi connectivity index (χ2v) is 5.09. The van der Waals surface area contributed by atoms with Crippen molar-refractivity contribution in [2.75, 3.05) is 0 Å². The van der Waals surface area contributed by atoms with Crippen molar-refractivity contribution in [2.45, 2.75) is 38.5 Å². The number of rotatable bonds is 2. The summed E-state index contributed by atoms with van der Waals surface area (Å²) >= 11 is 5.68. The molecule has 0 aromatic heterocycles. The summed E-state index contributed by atoms with van der Waals surface area (Å²) in [6, 6.07) is 0. The van der Waals surface area contributed by atoms with E-state index in [2.05, 4.69) is 0 Å². The minimum Gasteiger partial charge on any atom is -0.280 e. The number of hydrogen-bond donors (Lipinski definition) is 0. The molecule has 0 heterocycles. The quantitative estimate of drug-likeness (QED) is 0.490. The average Bonchev–Trinajstić information content (AvgIpc) is 2.66. The Morgan fingerprint density at radius 1 is 1.38 bits per heavy atom. The van der Waals surface area contributed by atoms with Gasteiger partial charge in [0.05, 0.1) is 5.41 Å². The van der Waals surface area contributed by atoms with E-state index in [1.54, 1.807) is 5.57 Å². The van der Waals surface area contributed by atoms with Crippen molar-refractivity contribution < 1.29 is 4.79 Å². The third-order valence-corrected chi connectivity index (χ3v) is 4.37. The topological polar surface area (TPSA) is 17.1 Å². The molecule has 1 atom stereocenters. The van der Waals surface area contributed by atoms with Gasteiger partial charge in [-0.3, -0.25) is 4.79 Å². The smallest absolute Gasteiger partial charge is 0.231 e. The third kappa shape index (κ3) is 0.969. The van der Waals surface area contributed by atoms with Gasteiger partial charge in [0.2, 0.25) is 5.24 Å². The van der Waals surface area contributed by atoms with Gasteiger partial charge in [-0.05, 0) is 56.0 Å². The van der Waals surface area contributed by atoms with Crippen LogP contribution in [-0.4, -0.2) is 5.24 Å². The molecule has 0 saturated heterocycles. The lowest BCUT2D eigenvalue weighted by Gasteiger charge is -2.18. The number of carbonyl (C=O) groups excluding carboxylic acids is 1. The zero-order valence-electron chi connectivity index (χ0n) is 7.61. The number of hydrogen-bond acceptors (Lipinski definition) is 1. The fourth-order valence-electron chi connectivity index (χ4n) is 3.09. The van der Waals surface area contributed by atoms with Gasteiger partial charge in [0.25, 0.3) is 0 Å². The molecule has 1 unspecified atom stereocenters. The van der Waals surface area contributed by atoms with Crippen LogP contribution in [0.25, 0.3) is 0 Å². The van der Waals surface area contributed by atoms with Gasteiger partial charge in [-0.1, -0.05) is 11.1 Å². The highest BCUT2D eigenvalue weighted by atomic mass is 35.5. The van der Waals surface area contributed by atoms with Crippen LogP contribution in [-0.2, 0) is 4.79 Å². The second kappa shape index (κ2) is 2.38. The summed E-state index contributed by atoms with van der Waals surface area (Å²) in [5.74, 6) is 0.860. The highest BCUT2D eigenvalue weighted by Gasteiger charge is 2.55. The van der Waals surface area contributed by atoms with Crippen LogP contribution in [0.2, 0.25) is 0 Å². The Hall–Kier alpha value is -0.300. The minimum atomic E-state index is -0.161. The van der Waals surface area contributed by atoms with E-state index in [1.165, 1.54) is 31.3 Å². The molecule has 0 spiro atoms. The molecule has 3 aliphatic rings. The van der Waals surface area contributed by atoms with Gasteiger partial charge in [0.15, 0.2) is 0 Å². The van der Waals surface area contributed by atoms with E-state index in [-0.39, 0.29) is 10.7 Å². The molecule has 0 N–H and O–H groups in total. The van der Waals surface area contributed by atoms with Crippen molar-refractivity contribution in [3.8, 4) is 0 Å². The molecule has 3 rings (SSSR count). The summed E-state index contributed by atoms with van der Waals surface area (Å²) in [5, 5.41) is -0.0949. The molecule has 13 heavy (non-hydrogen) atoms. The lowest BCUT2D eigenvalue weighted by molar-refractivity contribution is -0.115. The first-order chi connectivity index (χ1) is 6.22. The minimum absolute atomic E-state index is 0.0949. The maximum absolute atomic E-state index is 11.3. The molecule has 1 nitrogen and oxygen atoms in total. The summed E-state index contributed by atoms with van der Waals surface area (Å²) in [5.41, 5.74) is 2.87. The number of carbonyl (C=O) groups is 1. The van der Waals surface area contributed by atoms with Crippen LogP contribution < -0.4 is 0 Å². The first kappa shape index (κ1) is 8.05. The Kier molecular flexibility index (Phi) is 1.48. The molecule has 3 aliphatic carbocycles. The molecule has 2 heteroatoms. The zero-order chi connectivity index (χ0) is 9.05.